The van der Waals surface area contributed by atoms with Crippen molar-refractivity contribution < 1.29 is 14.3 Å². The number of ether oxygens (including phenoxy) is 1. The van der Waals surface area contributed by atoms with Crippen molar-refractivity contribution in [2.75, 3.05) is 26.7 Å². The number of amides is 1. The van der Waals surface area contributed by atoms with Crippen LogP contribution in [0.25, 0.3) is 0 Å². The molecule has 0 bridgehead atoms. The number of nitrogens with zero attached hydrogens (tertiary/aromatic N) is 1. The molecule has 0 aliphatic carbocycles. The molecule has 16 heavy (non-hydrogen) atoms. The van der Waals surface area contributed by atoms with E-state index in [0.29, 0.717) is 19.5 Å². The van der Waals surface area contributed by atoms with Gasteiger partial charge in [0.25, 0.3) is 0 Å². The lowest BCUT2D eigenvalue weighted by molar-refractivity contribution is -0.150. The third-order valence-corrected chi connectivity index (χ3v) is 2.55. The van der Waals surface area contributed by atoms with Gasteiger partial charge in [-0.25, -0.2) is 4.79 Å². The molecule has 88 valence electrons. The topological polar surface area (TPSA) is 58.6 Å². The molecular formula is C11H16N2O3. The highest BCUT2D eigenvalue weighted by molar-refractivity contribution is 5.86. The molecule has 1 fully saturated rings. The van der Waals surface area contributed by atoms with Crippen LogP contribution in [0.5, 0.6) is 0 Å². The van der Waals surface area contributed by atoms with Crippen LogP contribution in [0.1, 0.15) is 12.8 Å². The largest absolute Gasteiger partial charge is 0.467 e. The Bertz CT molecular complexity index is 309. The van der Waals surface area contributed by atoms with Crippen LogP contribution in [0.4, 0.5) is 0 Å². The van der Waals surface area contributed by atoms with E-state index in [-0.39, 0.29) is 18.4 Å². The molecule has 0 saturated carbocycles. The highest BCUT2D eigenvalue weighted by Gasteiger charge is 2.34. The van der Waals surface area contributed by atoms with E-state index in [9.17, 15) is 9.59 Å². The number of likely N-dealkylation sites (tertiary alicyclic amines) is 1. The fourth-order valence-corrected chi connectivity index (χ4v) is 1.79. The number of methoxy groups -OCH3 is 1. The predicted octanol–water partition coefficient (Wildman–Crippen LogP) is -0.627. The van der Waals surface area contributed by atoms with Crippen molar-refractivity contribution in [3.05, 3.63) is 0 Å². The molecular weight excluding hydrogens is 208 g/mol. The predicted molar refractivity (Wildman–Crippen MR) is 58.5 cm³/mol. The molecule has 0 spiro atoms. The van der Waals surface area contributed by atoms with E-state index in [1.54, 1.807) is 4.90 Å². The van der Waals surface area contributed by atoms with Crippen LogP contribution in [0, 0.1) is 12.3 Å². The van der Waals surface area contributed by atoms with Crippen molar-refractivity contribution >= 4 is 11.9 Å². The van der Waals surface area contributed by atoms with Gasteiger partial charge in [0, 0.05) is 6.54 Å². The molecule has 5 nitrogen and oxygen atoms in total. The van der Waals surface area contributed by atoms with Gasteiger partial charge in [-0.3, -0.25) is 10.1 Å². The molecule has 0 radical (unpaired) electrons. The molecule has 1 saturated heterocycles. The van der Waals surface area contributed by atoms with Gasteiger partial charge in [0.2, 0.25) is 5.91 Å². The van der Waals surface area contributed by atoms with Gasteiger partial charge >= 0.3 is 5.97 Å². The summed E-state index contributed by atoms with van der Waals surface area (Å²) in [5.74, 6) is 1.93. The molecule has 5 heteroatoms. The molecule has 1 aliphatic rings. The van der Waals surface area contributed by atoms with Crippen molar-refractivity contribution in [2.24, 2.45) is 0 Å². The first-order valence-electron chi connectivity index (χ1n) is 5.22. The van der Waals surface area contributed by atoms with Crippen LogP contribution in [0.15, 0.2) is 0 Å². The van der Waals surface area contributed by atoms with Gasteiger partial charge in [0.1, 0.15) is 6.04 Å². The molecule has 1 atom stereocenters. The van der Waals surface area contributed by atoms with Crippen LogP contribution < -0.4 is 5.32 Å². The zero-order valence-corrected chi connectivity index (χ0v) is 9.36. The maximum absolute atomic E-state index is 11.7. The number of esters is 1. The Labute approximate surface area is 95.1 Å². The first-order chi connectivity index (χ1) is 7.70. The summed E-state index contributed by atoms with van der Waals surface area (Å²) in [6.45, 7) is 1.12. The Morgan fingerprint density at radius 3 is 3.00 bits per heavy atom. The zero-order chi connectivity index (χ0) is 12.0. The lowest BCUT2D eigenvalue weighted by Gasteiger charge is -2.22. The quantitative estimate of drug-likeness (QED) is 0.392. The molecule has 1 unspecified atom stereocenters. The minimum atomic E-state index is -0.426. The van der Waals surface area contributed by atoms with Gasteiger partial charge in [-0.2, -0.15) is 0 Å². The minimum absolute atomic E-state index is 0.108. The van der Waals surface area contributed by atoms with Crippen molar-refractivity contribution in [3.8, 4) is 12.3 Å². The van der Waals surface area contributed by atoms with E-state index >= 15 is 0 Å². The lowest BCUT2D eigenvalue weighted by Crippen LogP contribution is -2.45. The summed E-state index contributed by atoms with van der Waals surface area (Å²) in [6, 6.07) is -0.426. The molecule has 0 aromatic rings. The maximum Gasteiger partial charge on any atom is 0.328 e. The number of carbonyl (C=O) groups is 2. The average Bonchev–Trinajstić information content (AvgIpc) is 2.77. The van der Waals surface area contributed by atoms with Gasteiger partial charge in [-0.1, -0.05) is 5.92 Å². The van der Waals surface area contributed by atoms with E-state index in [1.165, 1.54) is 7.11 Å². The summed E-state index contributed by atoms with van der Waals surface area (Å²) >= 11 is 0. The number of hydrogen-bond donors (Lipinski definition) is 1. The highest BCUT2D eigenvalue weighted by atomic mass is 16.5. The lowest BCUT2D eigenvalue weighted by atomic mass is 10.2. The Morgan fingerprint density at radius 1 is 1.62 bits per heavy atom. The number of nitrogens with one attached hydrogen (secondary N) is 1. The van der Waals surface area contributed by atoms with Crippen molar-refractivity contribution in [1.82, 2.24) is 10.2 Å². The number of terminal acetylenes is 1. The standard InChI is InChI=1S/C11H16N2O3/c1-3-6-12-8-10(14)13-7-4-5-9(13)11(15)16-2/h1,9,12H,4-8H2,2H3. The van der Waals surface area contributed by atoms with Crippen LogP contribution in [0.3, 0.4) is 0 Å². The zero-order valence-electron chi connectivity index (χ0n) is 9.36. The minimum Gasteiger partial charge on any atom is -0.467 e. The van der Waals surface area contributed by atoms with E-state index in [2.05, 4.69) is 16.0 Å². The Morgan fingerprint density at radius 2 is 2.38 bits per heavy atom. The summed E-state index contributed by atoms with van der Waals surface area (Å²) < 4.78 is 4.65. The smallest absolute Gasteiger partial charge is 0.328 e. The van der Waals surface area contributed by atoms with Crippen molar-refractivity contribution in [1.29, 1.82) is 0 Å². The molecule has 1 N–H and O–H groups in total. The number of carbonyl (C=O) groups excluding carboxylic acids is 2. The van der Waals surface area contributed by atoms with Crippen LogP contribution >= 0.6 is 0 Å². The SMILES string of the molecule is C#CCNCC(=O)N1CCCC1C(=O)OC. The number of rotatable bonds is 4. The third kappa shape index (κ3) is 2.97. The monoisotopic (exact) mass is 224 g/mol. The molecule has 0 aromatic heterocycles. The highest BCUT2D eigenvalue weighted by Crippen LogP contribution is 2.18. The molecule has 1 heterocycles. The van der Waals surface area contributed by atoms with E-state index in [1.807, 2.05) is 0 Å². The summed E-state index contributed by atoms with van der Waals surface area (Å²) in [5, 5.41) is 2.81. The van der Waals surface area contributed by atoms with Crippen LogP contribution in [-0.2, 0) is 14.3 Å². The van der Waals surface area contributed by atoms with E-state index in [0.717, 1.165) is 6.42 Å². The second-order valence-corrected chi connectivity index (χ2v) is 3.58. The average molecular weight is 224 g/mol. The van der Waals surface area contributed by atoms with Gasteiger partial charge in [0.15, 0.2) is 0 Å². The second kappa shape index (κ2) is 6.13. The van der Waals surface area contributed by atoms with Crippen LogP contribution in [-0.4, -0.2) is 49.6 Å². The fraction of sp³-hybridized carbons (Fsp3) is 0.636. The van der Waals surface area contributed by atoms with Gasteiger partial charge < -0.3 is 9.64 Å². The van der Waals surface area contributed by atoms with Gasteiger partial charge in [0.05, 0.1) is 20.2 Å². The summed E-state index contributed by atoms with van der Waals surface area (Å²) in [4.78, 5) is 24.7. The normalized spacial score (nSPS) is 19.2. The Kier molecular flexibility index (Phi) is 4.80. The first-order valence-corrected chi connectivity index (χ1v) is 5.22. The van der Waals surface area contributed by atoms with Gasteiger partial charge in [-0.05, 0) is 12.8 Å². The molecule has 1 rings (SSSR count). The van der Waals surface area contributed by atoms with Crippen molar-refractivity contribution in [3.63, 3.8) is 0 Å². The Hall–Kier alpha value is -1.54. The van der Waals surface area contributed by atoms with E-state index < -0.39 is 6.04 Å². The van der Waals surface area contributed by atoms with Crippen molar-refractivity contribution in [2.45, 2.75) is 18.9 Å². The third-order valence-electron chi connectivity index (χ3n) is 2.55. The Balaban J connectivity index is 2.48. The second-order valence-electron chi connectivity index (χ2n) is 3.58. The first kappa shape index (κ1) is 12.5. The van der Waals surface area contributed by atoms with Crippen LogP contribution in [0.2, 0.25) is 0 Å². The number of hydrogen-bond acceptors (Lipinski definition) is 4. The molecule has 1 aliphatic heterocycles. The molecule has 0 aromatic carbocycles. The summed E-state index contributed by atoms with van der Waals surface area (Å²) in [7, 11) is 1.33. The van der Waals surface area contributed by atoms with Gasteiger partial charge in [-0.15, -0.1) is 6.42 Å². The summed E-state index contributed by atoms with van der Waals surface area (Å²) in [6.07, 6.45) is 6.56. The summed E-state index contributed by atoms with van der Waals surface area (Å²) in [5.41, 5.74) is 0. The maximum atomic E-state index is 11.7. The fourth-order valence-electron chi connectivity index (χ4n) is 1.79. The van der Waals surface area contributed by atoms with E-state index in [4.69, 9.17) is 6.42 Å². The molecule has 1 amide bonds.